The number of carbonyl (C=O) groups excluding carboxylic acids is 1. The third kappa shape index (κ3) is 3.04. The van der Waals surface area contributed by atoms with E-state index in [1.54, 1.807) is 19.1 Å². The van der Waals surface area contributed by atoms with Crippen LogP contribution in [0.5, 0.6) is 0 Å². The first-order valence-electron chi connectivity index (χ1n) is 8.27. The van der Waals surface area contributed by atoms with Gasteiger partial charge in [0, 0.05) is 0 Å². The fraction of sp³-hybridized carbons (Fsp3) is 0.500. The van der Waals surface area contributed by atoms with Gasteiger partial charge in [0.15, 0.2) is 0 Å². The van der Waals surface area contributed by atoms with Gasteiger partial charge >= 0.3 is 5.97 Å². The van der Waals surface area contributed by atoms with Crippen molar-refractivity contribution in [3.8, 4) is 0 Å². The van der Waals surface area contributed by atoms with E-state index in [1.807, 2.05) is 0 Å². The normalized spacial score (nSPS) is 28.9. The van der Waals surface area contributed by atoms with Gasteiger partial charge in [0.25, 0.3) is 0 Å². The van der Waals surface area contributed by atoms with E-state index in [-0.39, 0.29) is 18.3 Å². The van der Waals surface area contributed by atoms with Gasteiger partial charge in [0.05, 0.1) is 19.1 Å². The van der Waals surface area contributed by atoms with Gasteiger partial charge in [-0.2, -0.15) is 5.10 Å². The Bertz CT molecular complexity index is 735. The van der Waals surface area contributed by atoms with Crippen LogP contribution in [0.1, 0.15) is 25.3 Å². The molecule has 6 nitrogen and oxygen atoms in total. The Labute approximate surface area is 145 Å². The van der Waals surface area contributed by atoms with E-state index in [1.165, 1.54) is 36.6 Å². The summed E-state index contributed by atoms with van der Waals surface area (Å²) in [6, 6.07) is 6.22. The van der Waals surface area contributed by atoms with Gasteiger partial charge in [-0.3, -0.25) is 9.48 Å². The number of aliphatic hydroxyl groups is 1. The minimum Gasteiger partial charge on any atom is -0.469 e. The lowest BCUT2D eigenvalue weighted by Crippen LogP contribution is -2.54. The van der Waals surface area contributed by atoms with Crippen LogP contribution in [0.2, 0.25) is 0 Å². The number of nitrogens with zero attached hydrogens (tertiary/aromatic N) is 3. The van der Waals surface area contributed by atoms with Crippen LogP contribution in [0, 0.1) is 17.2 Å². The highest BCUT2D eigenvalue weighted by atomic mass is 19.1. The number of halogens is 1. The average molecular weight is 347 g/mol. The molecule has 0 bridgehead atoms. The highest BCUT2D eigenvalue weighted by Crippen LogP contribution is 2.52. The Morgan fingerprint density at radius 3 is 2.76 bits per heavy atom. The van der Waals surface area contributed by atoms with E-state index in [2.05, 4.69) is 10.1 Å². The molecule has 1 aromatic carbocycles. The first-order valence-corrected chi connectivity index (χ1v) is 8.27. The maximum atomic E-state index is 13.1. The molecule has 7 heteroatoms. The van der Waals surface area contributed by atoms with Crippen molar-refractivity contribution < 1.29 is 19.0 Å². The van der Waals surface area contributed by atoms with Gasteiger partial charge in [0.1, 0.15) is 24.1 Å². The van der Waals surface area contributed by atoms with Crippen LogP contribution in [0.3, 0.4) is 0 Å². The van der Waals surface area contributed by atoms with Gasteiger partial charge in [-0.1, -0.05) is 12.1 Å². The standard InChI is InChI=1S/C18H22FN3O3/c1-17(16(23)25-2)8-7-14(9-13-3-5-15(19)6-4-13)18(17,24)10-22-12-20-11-21-22/h3-6,11-12,14,24H,7-10H2,1-2H3/t14-,17-,18-/m0/s1. The predicted octanol–water partition coefficient (Wildman–Crippen LogP) is 1.98. The smallest absolute Gasteiger partial charge is 0.314 e. The lowest BCUT2D eigenvalue weighted by molar-refractivity contribution is -0.173. The second-order valence-corrected chi connectivity index (χ2v) is 6.91. The fourth-order valence-corrected chi connectivity index (χ4v) is 3.91. The third-order valence-corrected chi connectivity index (χ3v) is 5.52. The maximum absolute atomic E-state index is 13.1. The van der Waals surface area contributed by atoms with Crippen LogP contribution in [0.25, 0.3) is 0 Å². The van der Waals surface area contributed by atoms with Crippen LogP contribution in [-0.2, 0) is 22.5 Å². The molecule has 0 radical (unpaired) electrons. The molecule has 25 heavy (non-hydrogen) atoms. The number of benzene rings is 1. The Morgan fingerprint density at radius 2 is 2.16 bits per heavy atom. The number of rotatable bonds is 5. The van der Waals surface area contributed by atoms with Crippen molar-refractivity contribution in [3.05, 3.63) is 48.3 Å². The summed E-state index contributed by atoms with van der Waals surface area (Å²) in [4.78, 5) is 16.4. The molecule has 2 aromatic rings. The number of hydrogen-bond acceptors (Lipinski definition) is 5. The molecule has 1 N–H and O–H groups in total. The zero-order valence-corrected chi connectivity index (χ0v) is 14.4. The number of hydrogen-bond donors (Lipinski definition) is 1. The van der Waals surface area contributed by atoms with Crippen LogP contribution in [-0.4, -0.2) is 38.6 Å². The van der Waals surface area contributed by atoms with E-state index >= 15 is 0 Å². The summed E-state index contributed by atoms with van der Waals surface area (Å²) in [5, 5.41) is 15.7. The molecule has 1 saturated carbocycles. The molecule has 0 saturated heterocycles. The first kappa shape index (κ1) is 17.5. The molecule has 1 fully saturated rings. The summed E-state index contributed by atoms with van der Waals surface area (Å²) >= 11 is 0. The lowest BCUT2D eigenvalue weighted by Gasteiger charge is -2.40. The topological polar surface area (TPSA) is 77.2 Å². The Balaban J connectivity index is 1.93. The molecule has 3 rings (SSSR count). The second-order valence-electron chi connectivity index (χ2n) is 6.91. The molecular weight excluding hydrogens is 325 g/mol. The summed E-state index contributed by atoms with van der Waals surface area (Å²) in [7, 11) is 1.33. The van der Waals surface area contributed by atoms with Crippen molar-refractivity contribution >= 4 is 5.97 Å². The lowest BCUT2D eigenvalue weighted by atomic mass is 9.71. The quantitative estimate of drug-likeness (QED) is 0.837. The monoisotopic (exact) mass is 347 g/mol. The highest BCUT2D eigenvalue weighted by Gasteiger charge is 2.61. The van der Waals surface area contributed by atoms with Crippen LogP contribution in [0.4, 0.5) is 4.39 Å². The minimum absolute atomic E-state index is 0.143. The van der Waals surface area contributed by atoms with E-state index in [0.29, 0.717) is 19.3 Å². The Morgan fingerprint density at radius 1 is 1.44 bits per heavy atom. The van der Waals surface area contributed by atoms with Gasteiger partial charge in [0.2, 0.25) is 0 Å². The molecule has 1 aromatic heterocycles. The summed E-state index contributed by atoms with van der Waals surface area (Å²) < 4.78 is 19.7. The second kappa shape index (κ2) is 6.55. The number of carbonyl (C=O) groups is 1. The van der Waals surface area contributed by atoms with Crippen molar-refractivity contribution in [3.63, 3.8) is 0 Å². The SMILES string of the molecule is COC(=O)[C@]1(C)CC[C@@H](Cc2ccc(F)cc2)[C@@]1(O)Cn1cncn1. The Kier molecular flexibility index (Phi) is 4.60. The van der Waals surface area contributed by atoms with Crippen LogP contribution < -0.4 is 0 Å². The van der Waals surface area contributed by atoms with Crippen molar-refractivity contribution in [2.45, 2.75) is 38.3 Å². The molecule has 1 heterocycles. The van der Waals surface area contributed by atoms with Crippen LogP contribution >= 0.6 is 0 Å². The number of methoxy groups -OCH3 is 1. The zero-order chi connectivity index (χ0) is 18.1. The molecule has 0 amide bonds. The van der Waals surface area contributed by atoms with Gasteiger partial charge in [-0.25, -0.2) is 9.37 Å². The summed E-state index contributed by atoms with van der Waals surface area (Å²) in [5.41, 5.74) is -1.47. The first-order chi connectivity index (χ1) is 11.9. The molecular formula is C18H22FN3O3. The van der Waals surface area contributed by atoms with E-state index in [4.69, 9.17) is 4.74 Å². The summed E-state index contributed by atoms with van der Waals surface area (Å²) in [5.74, 6) is -0.921. The number of ether oxygens (including phenoxy) is 1. The zero-order valence-electron chi connectivity index (χ0n) is 14.4. The van der Waals surface area contributed by atoms with Crippen molar-refractivity contribution in [2.75, 3.05) is 7.11 Å². The van der Waals surface area contributed by atoms with Gasteiger partial charge in [-0.05, 0) is 49.8 Å². The molecule has 1 aliphatic carbocycles. The molecule has 3 atom stereocenters. The van der Waals surface area contributed by atoms with Gasteiger partial charge in [-0.15, -0.1) is 0 Å². The average Bonchev–Trinajstić information content (AvgIpc) is 3.19. The molecule has 0 spiro atoms. The van der Waals surface area contributed by atoms with E-state index in [0.717, 1.165) is 5.56 Å². The molecule has 1 aliphatic rings. The van der Waals surface area contributed by atoms with E-state index in [9.17, 15) is 14.3 Å². The van der Waals surface area contributed by atoms with Crippen molar-refractivity contribution in [1.82, 2.24) is 14.8 Å². The van der Waals surface area contributed by atoms with Crippen LogP contribution in [0.15, 0.2) is 36.9 Å². The van der Waals surface area contributed by atoms with Crippen molar-refractivity contribution in [2.24, 2.45) is 11.3 Å². The third-order valence-electron chi connectivity index (χ3n) is 5.52. The summed E-state index contributed by atoms with van der Waals surface area (Å²) in [6.45, 7) is 1.88. The number of aromatic nitrogens is 3. The highest BCUT2D eigenvalue weighted by molar-refractivity contribution is 5.78. The largest absolute Gasteiger partial charge is 0.469 e. The maximum Gasteiger partial charge on any atom is 0.314 e. The van der Waals surface area contributed by atoms with Crippen molar-refractivity contribution in [1.29, 1.82) is 0 Å². The summed E-state index contributed by atoms with van der Waals surface area (Å²) in [6.07, 6.45) is 4.62. The molecule has 134 valence electrons. The fourth-order valence-electron chi connectivity index (χ4n) is 3.91. The molecule has 0 aliphatic heterocycles. The van der Waals surface area contributed by atoms with Gasteiger partial charge < -0.3 is 9.84 Å². The minimum atomic E-state index is -1.35. The van der Waals surface area contributed by atoms with E-state index < -0.39 is 17.0 Å². The predicted molar refractivity (Wildman–Crippen MR) is 87.9 cm³/mol. The molecule has 0 unspecified atom stereocenters. The Hall–Kier alpha value is -2.28. The number of esters is 1.